The molecule has 2 aliphatic rings. The maximum atomic E-state index is 14.7. The molecule has 184 valence electrons. The first kappa shape index (κ1) is 22.5. The molecule has 1 aromatic carbocycles. The van der Waals surface area contributed by atoms with Crippen LogP contribution < -0.4 is 10.1 Å². The van der Waals surface area contributed by atoms with Gasteiger partial charge in [0.1, 0.15) is 29.0 Å². The third-order valence-electron chi connectivity index (χ3n) is 7.09. The van der Waals surface area contributed by atoms with Gasteiger partial charge < -0.3 is 15.0 Å². The number of rotatable bonds is 6. The van der Waals surface area contributed by atoms with Crippen molar-refractivity contribution in [2.24, 2.45) is 18.4 Å². The SMILES string of the molecule is CCOc1cc2ncnc(-c3cn(C)nc3-c3ccccc3F)c2nc1NC(=O)[C@@]12C[C@@H]1CN(C)C2. The zero-order chi connectivity index (χ0) is 25.0. The number of aryl methyl sites for hydroxylation is 1. The Balaban J connectivity index is 1.47. The summed E-state index contributed by atoms with van der Waals surface area (Å²) in [4.78, 5) is 29.2. The zero-order valence-corrected chi connectivity index (χ0v) is 20.3. The van der Waals surface area contributed by atoms with Crippen LogP contribution >= 0.6 is 0 Å². The summed E-state index contributed by atoms with van der Waals surface area (Å²) < 4.78 is 22.1. The molecule has 10 heteroatoms. The van der Waals surface area contributed by atoms with Crippen molar-refractivity contribution in [3.05, 3.63) is 48.7 Å². The van der Waals surface area contributed by atoms with E-state index in [1.807, 2.05) is 14.0 Å². The fraction of sp³-hybridized carbons (Fsp3) is 0.346. The number of anilines is 1. The van der Waals surface area contributed by atoms with Crippen LogP contribution in [0, 0.1) is 17.2 Å². The minimum absolute atomic E-state index is 0.0449. The van der Waals surface area contributed by atoms with Gasteiger partial charge in [-0.3, -0.25) is 9.48 Å². The molecule has 1 aliphatic carbocycles. The molecule has 1 N–H and O–H groups in total. The van der Waals surface area contributed by atoms with E-state index in [-0.39, 0.29) is 17.1 Å². The second kappa shape index (κ2) is 8.34. The number of hydrogen-bond donors (Lipinski definition) is 1. The number of pyridine rings is 1. The van der Waals surface area contributed by atoms with Crippen molar-refractivity contribution in [1.29, 1.82) is 0 Å². The minimum Gasteiger partial charge on any atom is -0.490 e. The van der Waals surface area contributed by atoms with Crippen molar-refractivity contribution in [2.75, 3.05) is 32.1 Å². The van der Waals surface area contributed by atoms with E-state index in [0.29, 0.717) is 57.6 Å². The van der Waals surface area contributed by atoms with E-state index < -0.39 is 0 Å². The number of carbonyl (C=O) groups is 1. The maximum absolute atomic E-state index is 14.7. The smallest absolute Gasteiger partial charge is 0.233 e. The summed E-state index contributed by atoms with van der Waals surface area (Å²) in [5.74, 6) is 0.725. The zero-order valence-electron chi connectivity index (χ0n) is 20.3. The molecule has 1 saturated heterocycles. The topological polar surface area (TPSA) is 98.1 Å². The first-order chi connectivity index (χ1) is 17.4. The molecular weight excluding hydrogens is 461 g/mol. The van der Waals surface area contributed by atoms with Crippen LogP contribution in [0.5, 0.6) is 5.75 Å². The van der Waals surface area contributed by atoms with Crippen LogP contribution in [0.25, 0.3) is 33.5 Å². The van der Waals surface area contributed by atoms with Crippen molar-refractivity contribution in [2.45, 2.75) is 13.3 Å². The number of halogens is 1. The number of piperidine rings is 1. The second-order valence-electron chi connectivity index (χ2n) is 9.61. The monoisotopic (exact) mass is 487 g/mol. The van der Waals surface area contributed by atoms with E-state index in [2.05, 4.69) is 25.3 Å². The Labute approximate surface area is 207 Å². The van der Waals surface area contributed by atoms with Gasteiger partial charge in [0, 0.05) is 43.5 Å². The average molecular weight is 488 g/mol. The Kier molecular flexibility index (Phi) is 5.22. The van der Waals surface area contributed by atoms with Gasteiger partial charge in [0.2, 0.25) is 5.91 Å². The van der Waals surface area contributed by atoms with Gasteiger partial charge in [0.25, 0.3) is 0 Å². The molecule has 0 bridgehead atoms. The number of nitrogens with zero attached hydrogens (tertiary/aromatic N) is 6. The number of aromatic nitrogens is 5. The molecule has 1 amide bonds. The molecule has 3 aromatic heterocycles. The molecule has 6 rings (SSSR count). The van der Waals surface area contributed by atoms with Crippen molar-refractivity contribution >= 4 is 22.8 Å². The van der Waals surface area contributed by atoms with E-state index in [0.717, 1.165) is 19.5 Å². The van der Waals surface area contributed by atoms with Gasteiger partial charge in [0.05, 0.1) is 17.5 Å². The molecule has 1 aliphatic heterocycles. The number of nitrogens with one attached hydrogen (secondary N) is 1. The molecule has 4 aromatic rings. The van der Waals surface area contributed by atoms with E-state index in [9.17, 15) is 9.18 Å². The molecule has 2 fully saturated rings. The lowest BCUT2D eigenvalue weighted by molar-refractivity contribution is -0.121. The molecule has 4 heterocycles. The van der Waals surface area contributed by atoms with Gasteiger partial charge in [0.15, 0.2) is 11.6 Å². The second-order valence-corrected chi connectivity index (χ2v) is 9.61. The van der Waals surface area contributed by atoms with Crippen molar-refractivity contribution in [1.82, 2.24) is 29.6 Å². The lowest BCUT2D eigenvalue weighted by Crippen LogP contribution is -2.31. The fourth-order valence-corrected chi connectivity index (χ4v) is 5.35. The van der Waals surface area contributed by atoms with Crippen LogP contribution in [0.2, 0.25) is 0 Å². The number of amides is 1. The van der Waals surface area contributed by atoms with Crippen LogP contribution in [0.3, 0.4) is 0 Å². The summed E-state index contributed by atoms with van der Waals surface area (Å²) >= 11 is 0. The molecule has 36 heavy (non-hydrogen) atoms. The number of likely N-dealkylation sites (tertiary alicyclic amines) is 1. The molecular formula is C26H26FN7O2. The summed E-state index contributed by atoms with van der Waals surface area (Å²) in [6.45, 7) is 3.94. The molecule has 0 unspecified atom stereocenters. The van der Waals surface area contributed by atoms with Gasteiger partial charge in [-0.2, -0.15) is 5.10 Å². The summed E-state index contributed by atoms with van der Waals surface area (Å²) in [5, 5.41) is 7.54. The van der Waals surface area contributed by atoms with Gasteiger partial charge in [-0.05, 0) is 38.4 Å². The molecule has 2 atom stereocenters. The highest BCUT2D eigenvalue weighted by molar-refractivity contribution is 6.01. The Bertz CT molecular complexity index is 1500. The molecule has 0 spiro atoms. The first-order valence-corrected chi connectivity index (χ1v) is 12.0. The lowest BCUT2D eigenvalue weighted by Gasteiger charge is -2.17. The minimum atomic E-state index is -0.380. The van der Waals surface area contributed by atoms with Gasteiger partial charge in [-0.15, -0.1) is 0 Å². The van der Waals surface area contributed by atoms with Crippen LogP contribution in [-0.4, -0.2) is 62.3 Å². The lowest BCUT2D eigenvalue weighted by atomic mass is 10.0. The van der Waals surface area contributed by atoms with E-state index >= 15 is 0 Å². The summed E-state index contributed by atoms with van der Waals surface area (Å²) in [7, 11) is 3.80. The first-order valence-electron chi connectivity index (χ1n) is 12.0. The fourth-order valence-electron chi connectivity index (χ4n) is 5.35. The van der Waals surface area contributed by atoms with Crippen molar-refractivity contribution in [3.8, 4) is 28.3 Å². The molecule has 0 radical (unpaired) electrons. The number of carbonyl (C=O) groups excluding carboxylic acids is 1. The molecule has 1 saturated carbocycles. The van der Waals surface area contributed by atoms with Crippen molar-refractivity contribution in [3.63, 3.8) is 0 Å². The van der Waals surface area contributed by atoms with Gasteiger partial charge in [-0.25, -0.2) is 19.3 Å². The Morgan fingerprint density at radius 1 is 1.22 bits per heavy atom. The standard InChI is InChI=1S/C26H26FN7O2/c1-4-36-20-9-19-23(30-24(20)31-25(35)26-10-15(26)11-33(2)13-26)22(29-14-28-19)17-12-34(3)32-21(17)16-7-5-6-8-18(16)27/h5-9,12,14-15H,4,10-11,13H2,1-3H3,(H,30,31,35)/t15-,26-/m1/s1. The highest BCUT2D eigenvalue weighted by Crippen LogP contribution is 2.58. The number of fused-ring (bicyclic) bond motifs is 2. The van der Waals surface area contributed by atoms with Crippen molar-refractivity contribution < 1.29 is 13.9 Å². The Hall–Kier alpha value is -3.92. The Morgan fingerprint density at radius 3 is 2.81 bits per heavy atom. The van der Waals surface area contributed by atoms with Crippen LogP contribution in [0.4, 0.5) is 10.2 Å². The predicted octanol–water partition coefficient (Wildman–Crippen LogP) is 3.52. The summed E-state index contributed by atoms with van der Waals surface area (Å²) in [6, 6.07) is 8.24. The maximum Gasteiger partial charge on any atom is 0.233 e. The molecule has 9 nitrogen and oxygen atoms in total. The summed E-state index contributed by atoms with van der Waals surface area (Å²) in [6.07, 6.45) is 4.10. The Morgan fingerprint density at radius 2 is 2.06 bits per heavy atom. The number of hydrogen-bond acceptors (Lipinski definition) is 7. The average Bonchev–Trinajstić information content (AvgIpc) is 3.22. The van der Waals surface area contributed by atoms with Crippen LogP contribution in [-0.2, 0) is 11.8 Å². The van der Waals surface area contributed by atoms with Crippen LogP contribution in [0.1, 0.15) is 13.3 Å². The van der Waals surface area contributed by atoms with E-state index in [1.54, 1.807) is 42.2 Å². The van der Waals surface area contributed by atoms with Gasteiger partial charge in [-0.1, -0.05) is 12.1 Å². The third-order valence-corrected chi connectivity index (χ3v) is 7.09. The quantitative estimate of drug-likeness (QED) is 0.444. The van der Waals surface area contributed by atoms with E-state index in [4.69, 9.17) is 9.72 Å². The highest BCUT2D eigenvalue weighted by atomic mass is 19.1. The van der Waals surface area contributed by atoms with Crippen LogP contribution in [0.15, 0.2) is 42.9 Å². The van der Waals surface area contributed by atoms with Gasteiger partial charge >= 0.3 is 0 Å². The predicted molar refractivity (Wildman–Crippen MR) is 133 cm³/mol. The van der Waals surface area contributed by atoms with E-state index in [1.165, 1.54) is 12.4 Å². The highest BCUT2D eigenvalue weighted by Gasteiger charge is 2.64. The largest absolute Gasteiger partial charge is 0.490 e. The number of benzene rings is 1. The summed E-state index contributed by atoms with van der Waals surface area (Å²) in [5.41, 5.74) is 2.57. The third kappa shape index (κ3) is 3.60. The normalized spacial score (nSPS) is 20.9. The number of ether oxygens (including phenoxy) is 1.